The SMILES string of the molecule is CC1CN(c2nc(=O)n3c4c(c(-c5ccc(F)cc5)c(C(F)(F)F)cc24)SCCC3)CC(C)N1.COCO. The number of thioether (sulfide) groups is 1. The lowest BCUT2D eigenvalue weighted by molar-refractivity contribution is -0.137. The number of benzene rings is 2. The van der Waals surface area contributed by atoms with Crippen molar-refractivity contribution >= 4 is 28.5 Å². The van der Waals surface area contributed by atoms with E-state index in [2.05, 4.69) is 15.0 Å². The smallest absolute Gasteiger partial charge is 0.371 e. The standard InChI is InChI=1S/C24H24F4N4OS.C2H6O2/c1-13-11-31(12-14(2)29-13)22-17-10-18(24(26,27)28)19(15-4-6-16(25)7-5-15)21-20(17)32(23(33)30-22)8-3-9-34-21;1-4-2-3/h4-7,10,13-14,29H,3,8-9,11-12H2,1-2H3;3H,2H2,1H3. The summed E-state index contributed by atoms with van der Waals surface area (Å²) in [6, 6.07) is 6.33. The molecule has 0 amide bonds. The predicted molar refractivity (Wildman–Crippen MR) is 140 cm³/mol. The Kier molecular flexibility index (Phi) is 8.65. The lowest BCUT2D eigenvalue weighted by atomic mass is 9.96. The number of rotatable bonds is 3. The largest absolute Gasteiger partial charge is 0.417 e. The van der Waals surface area contributed by atoms with Gasteiger partial charge in [0.05, 0.1) is 11.1 Å². The van der Waals surface area contributed by atoms with E-state index in [0.717, 1.165) is 18.2 Å². The van der Waals surface area contributed by atoms with Gasteiger partial charge in [0, 0.05) is 54.7 Å². The summed E-state index contributed by atoms with van der Waals surface area (Å²) in [6.45, 7) is 5.24. The van der Waals surface area contributed by atoms with Crippen LogP contribution in [0.2, 0.25) is 0 Å². The van der Waals surface area contributed by atoms with Crippen LogP contribution >= 0.6 is 11.8 Å². The normalized spacial score (nSPS) is 19.6. The third-order valence-corrected chi connectivity index (χ3v) is 7.57. The second kappa shape index (κ2) is 11.6. The van der Waals surface area contributed by atoms with Crippen LogP contribution in [-0.4, -0.2) is 59.5 Å². The van der Waals surface area contributed by atoms with Gasteiger partial charge in [0.25, 0.3) is 0 Å². The molecule has 0 radical (unpaired) electrons. The second-order valence-corrected chi connectivity index (χ2v) is 10.5. The number of alkyl halides is 3. The molecular weight excluding hydrogens is 524 g/mol. The Balaban J connectivity index is 0.000000786. The van der Waals surface area contributed by atoms with Crippen LogP contribution in [0.4, 0.5) is 23.4 Å². The summed E-state index contributed by atoms with van der Waals surface area (Å²) < 4.78 is 62.6. The van der Waals surface area contributed by atoms with Gasteiger partial charge in [-0.3, -0.25) is 4.57 Å². The zero-order valence-corrected chi connectivity index (χ0v) is 22.1. The molecule has 12 heteroatoms. The van der Waals surface area contributed by atoms with E-state index in [1.807, 2.05) is 18.7 Å². The van der Waals surface area contributed by atoms with Crippen LogP contribution in [0.15, 0.2) is 40.0 Å². The monoisotopic (exact) mass is 554 g/mol. The average molecular weight is 555 g/mol. The van der Waals surface area contributed by atoms with E-state index in [-0.39, 0.29) is 35.8 Å². The Morgan fingerprint density at radius 3 is 2.39 bits per heavy atom. The summed E-state index contributed by atoms with van der Waals surface area (Å²) in [5.74, 6) is 0.321. The van der Waals surface area contributed by atoms with Crippen LogP contribution in [-0.2, 0) is 17.5 Å². The molecule has 0 saturated carbocycles. The summed E-state index contributed by atoms with van der Waals surface area (Å²) in [5.41, 5.74) is -0.542. The molecule has 2 aromatic carbocycles. The number of ether oxygens (including phenoxy) is 1. The molecule has 2 unspecified atom stereocenters. The number of aliphatic hydroxyl groups is 1. The molecule has 0 bridgehead atoms. The van der Waals surface area contributed by atoms with Crippen molar-refractivity contribution in [2.45, 2.75) is 50.0 Å². The highest BCUT2D eigenvalue weighted by Gasteiger charge is 2.38. The summed E-state index contributed by atoms with van der Waals surface area (Å²) in [4.78, 5) is 19.7. The molecule has 0 aliphatic carbocycles. The van der Waals surface area contributed by atoms with Crippen LogP contribution in [0.5, 0.6) is 0 Å². The molecule has 7 nitrogen and oxygen atoms in total. The highest BCUT2D eigenvalue weighted by molar-refractivity contribution is 7.99. The second-order valence-electron chi connectivity index (χ2n) is 9.39. The lowest BCUT2D eigenvalue weighted by Gasteiger charge is -2.37. The number of halogens is 4. The Bertz CT molecular complexity index is 1340. The van der Waals surface area contributed by atoms with E-state index in [1.165, 1.54) is 35.6 Å². The number of anilines is 1. The van der Waals surface area contributed by atoms with Gasteiger partial charge in [0.15, 0.2) is 0 Å². The van der Waals surface area contributed by atoms with Gasteiger partial charge in [0.1, 0.15) is 18.4 Å². The number of nitrogens with zero attached hydrogens (tertiary/aromatic N) is 3. The fourth-order valence-electron chi connectivity index (χ4n) is 5.01. The molecule has 1 saturated heterocycles. The number of aliphatic hydroxyl groups excluding tert-OH is 1. The van der Waals surface area contributed by atoms with Gasteiger partial charge in [0.2, 0.25) is 0 Å². The van der Waals surface area contributed by atoms with E-state index in [4.69, 9.17) is 5.11 Å². The average Bonchev–Trinajstić information content (AvgIpc) is 3.09. The molecule has 38 heavy (non-hydrogen) atoms. The van der Waals surface area contributed by atoms with E-state index in [9.17, 15) is 22.4 Å². The topological polar surface area (TPSA) is 79.6 Å². The summed E-state index contributed by atoms with van der Waals surface area (Å²) >= 11 is 1.31. The van der Waals surface area contributed by atoms with Crippen LogP contribution in [0.1, 0.15) is 25.8 Å². The number of nitrogens with one attached hydrogen (secondary N) is 1. The Labute approximate surface area is 221 Å². The van der Waals surface area contributed by atoms with E-state index in [0.29, 0.717) is 47.6 Å². The van der Waals surface area contributed by atoms with Crippen molar-refractivity contribution < 1.29 is 27.4 Å². The highest BCUT2D eigenvalue weighted by atomic mass is 32.2. The first-order chi connectivity index (χ1) is 18.0. The van der Waals surface area contributed by atoms with Crippen LogP contribution < -0.4 is 15.9 Å². The third-order valence-electron chi connectivity index (χ3n) is 6.40. The van der Waals surface area contributed by atoms with Gasteiger partial charge >= 0.3 is 11.9 Å². The molecule has 1 fully saturated rings. The molecule has 3 heterocycles. The quantitative estimate of drug-likeness (QED) is 0.365. The molecule has 0 spiro atoms. The Hall–Kier alpha value is -2.67. The maximum atomic E-state index is 14.5. The van der Waals surface area contributed by atoms with Crippen molar-refractivity contribution in [2.24, 2.45) is 0 Å². The maximum Gasteiger partial charge on any atom is 0.417 e. The zero-order valence-electron chi connectivity index (χ0n) is 21.3. The van der Waals surface area contributed by atoms with Gasteiger partial charge in [-0.05, 0) is 49.8 Å². The molecule has 2 N–H and O–H groups in total. The molecule has 206 valence electrons. The molecule has 2 atom stereocenters. The highest BCUT2D eigenvalue weighted by Crippen LogP contribution is 2.48. The van der Waals surface area contributed by atoms with Gasteiger partial charge in [-0.1, -0.05) is 12.1 Å². The van der Waals surface area contributed by atoms with Gasteiger partial charge in [-0.15, -0.1) is 11.8 Å². The van der Waals surface area contributed by atoms with E-state index in [1.54, 1.807) is 0 Å². The van der Waals surface area contributed by atoms with Gasteiger partial charge < -0.3 is 20.1 Å². The lowest BCUT2D eigenvalue weighted by Crippen LogP contribution is -2.55. The zero-order chi connectivity index (χ0) is 27.6. The fraction of sp³-hybridized carbons (Fsp3) is 0.462. The van der Waals surface area contributed by atoms with Crippen molar-refractivity contribution in [1.29, 1.82) is 0 Å². The third kappa shape index (κ3) is 5.83. The number of methoxy groups -OCH3 is 1. The summed E-state index contributed by atoms with van der Waals surface area (Å²) in [7, 11) is 1.43. The number of aryl methyl sites for hydroxylation is 1. The number of hydrogen-bond donors (Lipinski definition) is 2. The number of hydrogen-bond acceptors (Lipinski definition) is 7. The summed E-state index contributed by atoms with van der Waals surface area (Å²) in [5, 5.41) is 11.4. The van der Waals surface area contributed by atoms with Crippen LogP contribution in [0.25, 0.3) is 22.0 Å². The molecule has 2 aliphatic rings. The molecular formula is C26H30F4N4O3S. The van der Waals surface area contributed by atoms with Crippen LogP contribution in [0.3, 0.4) is 0 Å². The number of aromatic nitrogens is 2. The first-order valence-electron chi connectivity index (χ1n) is 12.2. The van der Waals surface area contributed by atoms with Crippen molar-refractivity contribution in [1.82, 2.24) is 14.9 Å². The molecule has 3 aromatic rings. The first kappa shape index (κ1) is 28.3. The maximum absolute atomic E-state index is 14.5. The van der Waals surface area contributed by atoms with Crippen molar-refractivity contribution in [3.05, 3.63) is 52.2 Å². The minimum atomic E-state index is -4.65. The minimum Gasteiger partial charge on any atom is -0.371 e. The van der Waals surface area contributed by atoms with E-state index >= 15 is 0 Å². The van der Waals surface area contributed by atoms with Crippen molar-refractivity contribution in [3.8, 4) is 11.1 Å². The fourth-order valence-corrected chi connectivity index (χ4v) is 6.21. The first-order valence-corrected chi connectivity index (χ1v) is 13.2. The van der Waals surface area contributed by atoms with E-state index < -0.39 is 23.2 Å². The van der Waals surface area contributed by atoms with Crippen molar-refractivity contribution in [2.75, 3.05) is 37.6 Å². The summed E-state index contributed by atoms with van der Waals surface area (Å²) in [6.07, 6.45) is -4.02. The van der Waals surface area contributed by atoms with Gasteiger partial charge in [-0.25, -0.2) is 9.18 Å². The molecule has 5 rings (SSSR count). The Morgan fingerprint density at radius 2 is 1.82 bits per heavy atom. The predicted octanol–water partition coefficient (Wildman–Crippen LogP) is 4.49. The molecule has 1 aromatic heterocycles. The number of piperazine rings is 1. The van der Waals surface area contributed by atoms with Crippen LogP contribution in [0, 0.1) is 5.82 Å². The minimum absolute atomic E-state index is 0.0146. The Morgan fingerprint density at radius 1 is 1.18 bits per heavy atom. The van der Waals surface area contributed by atoms with Crippen molar-refractivity contribution in [3.63, 3.8) is 0 Å². The van der Waals surface area contributed by atoms with Gasteiger partial charge in [-0.2, -0.15) is 18.2 Å². The molecule has 2 aliphatic heterocycles.